The molecular formula is C13H13FO4. The molecule has 1 heterocycles. The Labute approximate surface area is 103 Å². The van der Waals surface area contributed by atoms with E-state index >= 15 is 0 Å². The third-order valence-corrected chi connectivity index (χ3v) is 3.53. The van der Waals surface area contributed by atoms with Crippen LogP contribution in [0, 0.1) is 5.82 Å². The summed E-state index contributed by atoms with van der Waals surface area (Å²) in [5, 5.41) is 9.20. The number of carboxylic acids is 1. The number of hydrogen-bond donors (Lipinski definition) is 1. The van der Waals surface area contributed by atoms with E-state index in [2.05, 4.69) is 0 Å². The summed E-state index contributed by atoms with van der Waals surface area (Å²) in [6.07, 6.45) is 1.63. The molecule has 0 aromatic heterocycles. The summed E-state index contributed by atoms with van der Waals surface area (Å²) in [6, 6.07) is 3.10. The molecule has 1 aliphatic carbocycles. The average Bonchev–Trinajstić information content (AvgIpc) is 3.13. The molecule has 3 rings (SSSR count). The minimum absolute atomic E-state index is 0.0533. The first-order chi connectivity index (χ1) is 8.65. The van der Waals surface area contributed by atoms with E-state index in [-0.39, 0.29) is 11.3 Å². The number of carboxylic acid groups (broad SMARTS) is 1. The van der Waals surface area contributed by atoms with Gasteiger partial charge in [0, 0.05) is 12.0 Å². The summed E-state index contributed by atoms with van der Waals surface area (Å²) >= 11 is 0. The fraction of sp³-hybridized carbons (Fsp3) is 0.462. The van der Waals surface area contributed by atoms with Crippen LogP contribution in [0.15, 0.2) is 12.1 Å². The maximum atomic E-state index is 14.4. The molecule has 5 heteroatoms. The normalized spacial score (nSPS) is 20.1. The molecule has 1 saturated carbocycles. The predicted octanol–water partition coefficient (Wildman–Crippen LogP) is 2.10. The predicted molar refractivity (Wildman–Crippen MR) is 60.6 cm³/mol. The molecule has 0 saturated heterocycles. The Morgan fingerprint density at radius 2 is 2.00 bits per heavy atom. The van der Waals surface area contributed by atoms with Gasteiger partial charge in [-0.1, -0.05) is 6.07 Å². The fourth-order valence-electron chi connectivity index (χ4n) is 2.29. The molecular weight excluding hydrogens is 239 g/mol. The van der Waals surface area contributed by atoms with Crippen LogP contribution in [-0.2, 0) is 10.2 Å². The van der Waals surface area contributed by atoms with Crippen molar-refractivity contribution in [1.29, 1.82) is 0 Å². The van der Waals surface area contributed by atoms with Crippen molar-refractivity contribution in [2.75, 3.05) is 13.2 Å². The maximum Gasteiger partial charge on any atom is 0.314 e. The largest absolute Gasteiger partial charge is 0.489 e. The van der Waals surface area contributed by atoms with Crippen LogP contribution in [0.3, 0.4) is 0 Å². The quantitative estimate of drug-likeness (QED) is 0.875. The van der Waals surface area contributed by atoms with Gasteiger partial charge in [0.1, 0.15) is 0 Å². The number of hydrogen-bond acceptors (Lipinski definition) is 3. The highest BCUT2D eigenvalue weighted by Crippen LogP contribution is 2.51. The monoisotopic (exact) mass is 252 g/mol. The summed E-state index contributed by atoms with van der Waals surface area (Å²) in [5.41, 5.74) is -0.853. The van der Waals surface area contributed by atoms with Crippen LogP contribution in [0.25, 0.3) is 0 Å². The number of carbonyl (C=O) groups is 1. The highest BCUT2D eigenvalue weighted by molar-refractivity contribution is 5.85. The van der Waals surface area contributed by atoms with Crippen molar-refractivity contribution in [3.63, 3.8) is 0 Å². The van der Waals surface area contributed by atoms with Gasteiger partial charge >= 0.3 is 5.97 Å². The third-order valence-electron chi connectivity index (χ3n) is 3.53. The number of fused-ring (bicyclic) bond motifs is 1. The van der Waals surface area contributed by atoms with Gasteiger partial charge in [-0.05, 0) is 18.9 Å². The van der Waals surface area contributed by atoms with Crippen LogP contribution in [0.2, 0.25) is 0 Å². The molecule has 1 N–H and O–H groups in total. The third kappa shape index (κ3) is 1.54. The molecule has 0 radical (unpaired) electrons. The van der Waals surface area contributed by atoms with Crippen molar-refractivity contribution in [1.82, 2.24) is 0 Å². The van der Waals surface area contributed by atoms with E-state index in [1.807, 2.05) is 0 Å². The first-order valence-corrected chi connectivity index (χ1v) is 5.97. The van der Waals surface area contributed by atoms with Gasteiger partial charge in [-0.15, -0.1) is 0 Å². The van der Waals surface area contributed by atoms with Crippen molar-refractivity contribution in [2.24, 2.45) is 0 Å². The minimum Gasteiger partial charge on any atom is -0.489 e. The number of rotatable bonds is 2. The van der Waals surface area contributed by atoms with Gasteiger partial charge in [-0.3, -0.25) is 4.79 Å². The topological polar surface area (TPSA) is 55.8 Å². The first-order valence-electron chi connectivity index (χ1n) is 5.97. The lowest BCUT2D eigenvalue weighted by molar-refractivity contribution is -0.140. The molecule has 1 aromatic rings. The molecule has 96 valence electrons. The summed E-state index contributed by atoms with van der Waals surface area (Å²) in [4.78, 5) is 11.2. The fourth-order valence-corrected chi connectivity index (χ4v) is 2.29. The standard InChI is InChI=1S/C13H13FO4/c14-10-8(13(4-5-13)12(15)16)2-3-9-11(10)18-7-1-6-17-9/h2-3H,1,4-7H2,(H,15,16). The molecule has 1 aliphatic heterocycles. The average molecular weight is 252 g/mol. The zero-order valence-electron chi connectivity index (χ0n) is 9.74. The van der Waals surface area contributed by atoms with Gasteiger partial charge in [0.15, 0.2) is 17.3 Å². The molecule has 1 aromatic carbocycles. The molecule has 0 amide bonds. The molecule has 0 atom stereocenters. The van der Waals surface area contributed by atoms with Crippen LogP contribution in [0.4, 0.5) is 4.39 Å². The molecule has 2 aliphatic rings. The van der Waals surface area contributed by atoms with Gasteiger partial charge in [0.25, 0.3) is 0 Å². The Bertz CT molecular complexity index is 508. The van der Waals surface area contributed by atoms with Crippen molar-refractivity contribution in [3.8, 4) is 11.5 Å². The molecule has 0 unspecified atom stereocenters. The summed E-state index contributed by atoms with van der Waals surface area (Å²) in [6.45, 7) is 0.864. The van der Waals surface area contributed by atoms with E-state index in [9.17, 15) is 14.3 Å². The van der Waals surface area contributed by atoms with Gasteiger partial charge in [0.2, 0.25) is 0 Å². The van der Waals surface area contributed by atoms with E-state index in [1.165, 1.54) is 6.07 Å². The second-order valence-electron chi connectivity index (χ2n) is 4.69. The summed E-state index contributed by atoms with van der Waals surface area (Å²) in [7, 11) is 0. The van der Waals surface area contributed by atoms with Gasteiger partial charge in [0.05, 0.1) is 18.6 Å². The zero-order valence-corrected chi connectivity index (χ0v) is 9.74. The van der Waals surface area contributed by atoms with Crippen molar-refractivity contribution < 1.29 is 23.8 Å². The van der Waals surface area contributed by atoms with Crippen molar-refractivity contribution >= 4 is 5.97 Å². The van der Waals surface area contributed by atoms with Gasteiger partial charge < -0.3 is 14.6 Å². The number of halogens is 1. The lowest BCUT2D eigenvalue weighted by Crippen LogP contribution is -2.21. The van der Waals surface area contributed by atoms with E-state index in [1.54, 1.807) is 6.07 Å². The Balaban J connectivity index is 2.08. The van der Waals surface area contributed by atoms with Crippen LogP contribution in [-0.4, -0.2) is 24.3 Å². The van der Waals surface area contributed by atoms with E-state index < -0.39 is 17.2 Å². The Kier molecular flexibility index (Phi) is 2.43. The first kappa shape index (κ1) is 11.3. The van der Waals surface area contributed by atoms with E-state index in [4.69, 9.17) is 9.47 Å². The number of ether oxygens (including phenoxy) is 2. The highest BCUT2D eigenvalue weighted by atomic mass is 19.1. The molecule has 0 bridgehead atoms. The van der Waals surface area contributed by atoms with Gasteiger partial charge in [-0.25, -0.2) is 4.39 Å². The summed E-state index contributed by atoms with van der Waals surface area (Å²) < 4.78 is 25.1. The smallest absolute Gasteiger partial charge is 0.314 e. The summed E-state index contributed by atoms with van der Waals surface area (Å²) in [5.74, 6) is -1.15. The second-order valence-corrected chi connectivity index (χ2v) is 4.69. The Morgan fingerprint density at radius 1 is 1.28 bits per heavy atom. The zero-order chi connectivity index (χ0) is 12.8. The lowest BCUT2D eigenvalue weighted by Gasteiger charge is -2.15. The van der Waals surface area contributed by atoms with Crippen LogP contribution in [0.1, 0.15) is 24.8 Å². The second kappa shape index (κ2) is 3.86. The van der Waals surface area contributed by atoms with Crippen molar-refractivity contribution in [3.05, 3.63) is 23.5 Å². The lowest BCUT2D eigenvalue weighted by atomic mass is 9.95. The molecule has 18 heavy (non-hydrogen) atoms. The Hall–Kier alpha value is -1.78. The van der Waals surface area contributed by atoms with Gasteiger partial charge in [-0.2, -0.15) is 0 Å². The number of aliphatic carboxylic acids is 1. The molecule has 0 spiro atoms. The van der Waals surface area contributed by atoms with Crippen LogP contribution in [0.5, 0.6) is 11.5 Å². The minimum atomic E-state index is -1.06. The Morgan fingerprint density at radius 3 is 2.67 bits per heavy atom. The SMILES string of the molecule is O=C(O)C1(c2ccc3c(c2F)OCCCO3)CC1. The van der Waals surface area contributed by atoms with Crippen molar-refractivity contribution in [2.45, 2.75) is 24.7 Å². The van der Waals surface area contributed by atoms with E-state index in [0.717, 1.165) is 0 Å². The molecule has 4 nitrogen and oxygen atoms in total. The van der Waals surface area contributed by atoms with E-state index in [0.29, 0.717) is 38.2 Å². The number of benzene rings is 1. The maximum absolute atomic E-state index is 14.4. The highest BCUT2D eigenvalue weighted by Gasteiger charge is 2.54. The van der Waals surface area contributed by atoms with Crippen LogP contribution < -0.4 is 9.47 Å². The van der Waals surface area contributed by atoms with Crippen LogP contribution >= 0.6 is 0 Å². The molecule has 1 fully saturated rings.